The number of rotatable bonds is 5. The molecular formula is C15H20O3S. The topological polar surface area (TPSA) is 35.5 Å². The van der Waals surface area contributed by atoms with Crippen LogP contribution in [0.15, 0.2) is 29.2 Å². The number of carbonyl (C=O) groups is 1. The van der Waals surface area contributed by atoms with Crippen molar-refractivity contribution in [2.24, 2.45) is 0 Å². The molecule has 19 heavy (non-hydrogen) atoms. The Kier molecular flexibility index (Phi) is 5.73. The average molecular weight is 280 g/mol. The minimum absolute atomic E-state index is 0.160. The molecule has 104 valence electrons. The predicted octanol–water partition coefficient (Wildman–Crippen LogP) is 3.66. The molecule has 1 saturated heterocycles. The summed E-state index contributed by atoms with van der Waals surface area (Å²) in [6.45, 7) is 3.70. The van der Waals surface area contributed by atoms with Gasteiger partial charge in [-0.3, -0.25) is 4.79 Å². The lowest BCUT2D eigenvalue weighted by atomic mass is 10.2. The Bertz CT molecular complexity index is 396. The average Bonchev–Trinajstić information content (AvgIpc) is 2.42. The van der Waals surface area contributed by atoms with Crippen LogP contribution in [0.3, 0.4) is 0 Å². The molecular weight excluding hydrogens is 260 g/mol. The summed E-state index contributed by atoms with van der Waals surface area (Å²) in [5.41, 5.74) is 0. The van der Waals surface area contributed by atoms with E-state index in [-0.39, 0.29) is 5.97 Å². The fourth-order valence-electron chi connectivity index (χ4n) is 1.96. The third kappa shape index (κ3) is 4.88. The second kappa shape index (κ2) is 7.56. The zero-order valence-electron chi connectivity index (χ0n) is 11.3. The second-order valence-corrected chi connectivity index (χ2v) is 6.00. The first-order valence-corrected chi connectivity index (χ1v) is 7.71. The number of ether oxygens (including phenoxy) is 2. The summed E-state index contributed by atoms with van der Waals surface area (Å²) >= 11 is 1.88. The normalized spacial score (nSPS) is 16.3. The molecule has 3 nitrogen and oxygen atoms in total. The summed E-state index contributed by atoms with van der Waals surface area (Å²) in [6, 6.07) is 7.79. The first-order valence-electron chi connectivity index (χ1n) is 6.83. The fourth-order valence-corrected chi connectivity index (χ4v) is 3.07. The molecule has 1 aliphatic heterocycles. The molecule has 1 aromatic rings. The summed E-state index contributed by atoms with van der Waals surface area (Å²) in [7, 11) is 0. The molecule has 0 atom stereocenters. The summed E-state index contributed by atoms with van der Waals surface area (Å²) in [5, 5.41) is 0.641. The van der Waals surface area contributed by atoms with Crippen LogP contribution < -0.4 is 4.74 Å². The van der Waals surface area contributed by atoms with Crippen molar-refractivity contribution in [1.29, 1.82) is 0 Å². The van der Waals surface area contributed by atoms with Crippen molar-refractivity contribution in [3.05, 3.63) is 24.3 Å². The van der Waals surface area contributed by atoms with Gasteiger partial charge in [0, 0.05) is 29.8 Å². The van der Waals surface area contributed by atoms with E-state index < -0.39 is 0 Å². The lowest BCUT2D eigenvalue weighted by Gasteiger charge is -2.21. The van der Waals surface area contributed by atoms with Crippen LogP contribution in [0.4, 0.5) is 0 Å². The van der Waals surface area contributed by atoms with E-state index in [0.717, 1.165) is 32.5 Å². The quantitative estimate of drug-likeness (QED) is 0.609. The third-order valence-electron chi connectivity index (χ3n) is 2.98. The maximum Gasteiger partial charge on any atom is 0.311 e. The SMILES string of the molecule is CCCC(=O)Oc1ccc(SC2CCOCC2)cc1. The Hall–Kier alpha value is -1.00. The summed E-state index contributed by atoms with van der Waals surface area (Å²) in [6.07, 6.45) is 3.50. The molecule has 0 aliphatic carbocycles. The lowest BCUT2D eigenvalue weighted by Crippen LogP contribution is -2.17. The first-order chi connectivity index (χ1) is 9.28. The summed E-state index contributed by atoms with van der Waals surface area (Å²) in [4.78, 5) is 12.6. The largest absolute Gasteiger partial charge is 0.427 e. The van der Waals surface area contributed by atoms with Gasteiger partial charge in [-0.1, -0.05) is 6.92 Å². The van der Waals surface area contributed by atoms with Gasteiger partial charge in [0.1, 0.15) is 5.75 Å². The van der Waals surface area contributed by atoms with Gasteiger partial charge in [0.05, 0.1) is 0 Å². The highest BCUT2D eigenvalue weighted by Crippen LogP contribution is 2.30. The zero-order chi connectivity index (χ0) is 13.5. The van der Waals surface area contributed by atoms with Crippen molar-refractivity contribution < 1.29 is 14.3 Å². The van der Waals surface area contributed by atoms with Crippen molar-refractivity contribution in [1.82, 2.24) is 0 Å². The van der Waals surface area contributed by atoms with Crippen LogP contribution >= 0.6 is 11.8 Å². The van der Waals surface area contributed by atoms with E-state index in [9.17, 15) is 4.79 Å². The minimum atomic E-state index is -0.160. The number of hydrogen-bond donors (Lipinski definition) is 0. The van der Waals surface area contributed by atoms with E-state index in [4.69, 9.17) is 9.47 Å². The number of esters is 1. The van der Waals surface area contributed by atoms with Gasteiger partial charge in [0.15, 0.2) is 0 Å². The molecule has 0 N–H and O–H groups in total. The van der Waals surface area contributed by atoms with Crippen molar-refractivity contribution in [3.8, 4) is 5.75 Å². The molecule has 0 bridgehead atoms. The molecule has 1 aliphatic rings. The molecule has 4 heteroatoms. The molecule has 0 aromatic heterocycles. The molecule has 0 saturated carbocycles. The Morgan fingerprint density at radius 3 is 2.63 bits per heavy atom. The fraction of sp³-hybridized carbons (Fsp3) is 0.533. The van der Waals surface area contributed by atoms with Gasteiger partial charge in [-0.05, 0) is 43.5 Å². The van der Waals surface area contributed by atoms with E-state index >= 15 is 0 Å². The van der Waals surface area contributed by atoms with Crippen LogP contribution in [0, 0.1) is 0 Å². The van der Waals surface area contributed by atoms with Crippen molar-refractivity contribution in [3.63, 3.8) is 0 Å². The Labute approximate surface area is 118 Å². The molecule has 2 rings (SSSR count). The van der Waals surface area contributed by atoms with Crippen molar-refractivity contribution in [2.45, 2.75) is 42.8 Å². The van der Waals surface area contributed by atoms with Gasteiger partial charge < -0.3 is 9.47 Å². The maximum absolute atomic E-state index is 11.4. The number of benzene rings is 1. The molecule has 1 aromatic carbocycles. The van der Waals surface area contributed by atoms with Crippen LogP contribution in [0.25, 0.3) is 0 Å². The molecule has 0 unspecified atom stereocenters. The zero-order valence-corrected chi connectivity index (χ0v) is 12.1. The van der Waals surface area contributed by atoms with Gasteiger partial charge in [-0.2, -0.15) is 0 Å². The molecule has 1 heterocycles. The molecule has 0 radical (unpaired) electrons. The standard InChI is InChI=1S/C15H20O3S/c1-2-3-15(16)18-12-4-6-13(7-5-12)19-14-8-10-17-11-9-14/h4-7,14H,2-3,8-11H2,1H3. The van der Waals surface area contributed by atoms with E-state index in [1.165, 1.54) is 4.90 Å². The van der Waals surface area contributed by atoms with Gasteiger partial charge >= 0.3 is 5.97 Å². The second-order valence-electron chi connectivity index (χ2n) is 4.63. The molecule has 1 fully saturated rings. The van der Waals surface area contributed by atoms with E-state index in [2.05, 4.69) is 0 Å². The van der Waals surface area contributed by atoms with Crippen LogP contribution in [-0.4, -0.2) is 24.4 Å². The number of carbonyl (C=O) groups excluding carboxylic acids is 1. The van der Waals surface area contributed by atoms with Crippen LogP contribution in [0.2, 0.25) is 0 Å². The van der Waals surface area contributed by atoms with Crippen molar-refractivity contribution in [2.75, 3.05) is 13.2 Å². The molecule has 0 amide bonds. The highest BCUT2D eigenvalue weighted by Gasteiger charge is 2.14. The smallest absolute Gasteiger partial charge is 0.311 e. The first kappa shape index (κ1) is 14.4. The summed E-state index contributed by atoms with van der Waals surface area (Å²) in [5.74, 6) is 0.474. The Morgan fingerprint density at radius 1 is 1.32 bits per heavy atom. The number of hydrogen-bond acceptors (Lipinski definition) is 4. The van der Waals surface area contributed by atoms with E-state index in [1.807, 2.05) is 43.0 Å². The van der Waals surface area contributed by atoms with Gasteiger partial charge in [-0.25, -0.2) is 0 Å². The predicted molar refractivity (Wildman–Crippen MR) is 76.7 cm³/mol. The Balaban J connectivity index is 1.85. The van der Waals surface area contributed by atoms with E-state index in [0.29, 0.717) is 17.4 Å². The maximum atomic E-state index is 11.4. The van der Waals surface area contributed by atoms with Crippen LogP contribution in [0.1, 0.15) is 32.6 Å². The van der Waals surface area contributed by atoms with Gasteiger partial charge in [0.25, 0.3) is 0 Å². The monoisotopic (exact) mass is 280 g/mol. The summed E-state index contributed by atoms with van der Waals surface area (Å²) < 4.78 is 10.6. The highest BCUT2D eigenvalue weighted by atomic mass is 32.2. The van der Waals surface area contributed by atoms with Crippen LogP contribution in [-0.2, 0) is 9.53 Å². The minimum Gasteiger partial charge on any atom is -0.427 e. The van der Waals surface area contributed by atoms with Gasteiger partial charge in [-0.15, -0.1) is 11.8 Å². The molecule has 0 spiro atoms. The van der Waals surface area contributed by atoms with E-state index in [1.54, 1.807) is 0 Å². The van der Waals surface area contributed by atoms with Crippen LogP contribution in [0.5, 0.6) is 5.75 Å². The van der Waals surface area contributed by atoms with Gasteiger partial charge in [0.2, 0.25) is 0 Å². The lowest BCUT2D eigenvalue weighted by molar-refractivity contribution is -0.134. The third-order valence-corrected chi connectivity index (χ3v) is 4.33. The van der Waals surface area contributed by atoms with Crippen molar-refractivity contribution >= 4 is 17.7 Å². The number of thioether (sulfide) groups is 1. The Morgan fingerprint density at radius 2 is 2.00 bits per heavy atom. The highest BCUT2D eigenvalue weighted by molar-refractivity contribution is 8.00.